The number of fused-ring (bicyclic) bond motifs is 2. The molecule has 266 valence electrons. The largest absolute Gasteiger partial charge is 1.00 e. The number of nitrogens with zero attached hydrogens (tertiary/aromatic N) is 2. The minimum Gasteiger partial charge on any atom is -0.744 e. The normalized spacial score (nSPS) is 15.3. The molecule has 0 saturated carbocycles. The van der Waals surface area contributed by atoms with Gasteiger partial charge in [-0.3, -0.25) is 20.4 Å². The average molecular weight is 831 g/mol. The summed E-state index contributed by atoms with van der Waals surface area (Å²) in [6, 6.07) is 18.5. The zero-order chi connectivity index (χ0) is 37.7. The maximum absolute atomic E-state index is 13.2. The zero-order valence-corrected chi connectivity index (χ0v) is 37.4. The molecule has 23 heteroatoms. The Morgan fingerprint density at radius 2 is 1.00 bits per heavy atom. The summed E-state index contributed by atoms with van der Waals surface area (Å²) in [4.78, 5) is 23.6. The third-order valence-electron chi connectivity index (χ3n) is 7.72. The van der Waals surface area contributed by atoms with Crippen molar-refractivity contribution < 1.29 is 137 Å². The standard InChI is InChI=1S/C32H24N6O11S3.3Na/c33-20-6-1-18-12-26(51(44,45)46)29(31(39)24(18)14-20)37-35-21-7-2-16(3-8-21)17-4-9-22(10-5-17)36-38-30-27(52(47,48)49)13-19-11-23(50(41,42)43)15-25(34)28(19)32(30)40;;;/h1-15,35-36H,33-34H2,(H,41,42,43)(H,44,45,46)(H,47,48,49);;;/q;3*+1/p-3/b37-29-,38-30-;;;. The van der Waals surface area contributed by atoms with Gasteiger partial charge in [0.05, 0.1) is 31.6 Å². The number of carbonyl (C=O) groups excluding carboxylic acids is 2. The Bertz CT molecular complexity index is 2700. The molecule has 0 atom stereocenters. The number of hydrazone groups is 2. The summed E-state index contributed by atoms with van der Waals surface area (Å²) >= 11 is 0. The number of ketones is 2. The van der Waals surface area contributed by atoms with E-state index in [0.717, 1.165) is 18.2 Å². The fourth-order valence-electron chi connectivity index (χ4n) is 5.27. The van der Waals surface area contributed by atoms with Crippen molar-refractivity contribution in [1.82, 2.24) is 0 Å². The maximum Gasteiger partial charge on any atom is 1.00 e. The van der Waals surface area contributed by atoms with Crippen LogP contribution in [-0.2, 0) is 30.4 Å². The molecule has 6 N–H and O–H groups in total. The van der Waals surface area contributed by atoms with E-state index in [1.54, 1.807) is 36.4 Å². The molecule has 4 aromatic rings. The van der Waals surface area contributed by atoms with Crippen molar-refractivity contribution in [3.8, 4) is 11.1 Å². The Labute approximate surface area is 380 Å². The van der Waals surface area contributed by atoms with Gasteiger partial charge in [0.1, 0.15) is 41.8 Å². The van der Waals surface area contributed by atoms with Crippen molar-refractivity contribution >= 4 is 88.2 Å². The molecule has 4 aromatic carbocycles. The van der Waals surface area contributed by atoms with Gasteiger partial charge in [-0.1, -0.05) is 30.3 Å². The third-order valence-corrected chi connectivity index (χ3v) is 10.2. The Balaban J connectivity index is 0.00000271. The molecule has 2 aliphatic carbocycles. The molecule has 55 heavy (non-hydrogen) atoms. The van der Waals surface area contributed by atoms with Gasteiger partial charge in [-0.05, 0) is 82.9 Å². The number of rotatable bonds is 8. The van der Waals surface area contributed by atoms with Crippen LogP contribution >= 0.6 is 0 Å². The topological polar surface area (TPSA) is 307 Å². The zero-order valence-electron chi connectivity index (χ0n) is 28.9. The second kappa shape index (κ2) is 17.6. The van der Waals surface area contributed by atoms with Crippen LogP contribution in [-0.4, -0.2) is 61.9 Å². The molecule has 0 aromatic heterocycles. The van der Waals surface area contributed by atoms with Gasteiger partial charge < -0.3 is 25.1 Å². The molecular formula is C32H21N6Na3O11S3. The molecule has 0 bridgehead atoms. The minimum atomic E-state index is -5.33. The number of anilines is 4. The summed E-state index contributed by atoms with van der Waals surface area (Å²) in [7, 11) is -15.4. The van der Waals surface area contributed by atoms with Gasteiger partial charge in [0.15, 0.2) is 0 Å². The van der Waals surface area contributed by atoms with Gasteiger partial charge in [-0.25, -0.2) is 25.3 Å². The van der Waals surface area contributed by atoms with Crippen molar-refractivity contribution in [2.45, 2.75) is 4.90 Å². The van der Waals surface area contributed by atoms with E-state index >= 15 is 0 Å². The average Bonchev–Trinajstić information content (AvgIpc) is 3.06. The van der Waals surface area contributed by atoms with Crippen LogP contribution in [0.1, 0.15) is 31.8 Å². The molecule has 0 heterocycles. The Hall–Kier alpha value is -3.03. The molecule has 0 aliphatic heterocycles. The van der Waals surface area contributed by atoms with Crippen LogP contribution in [0.15, 0.2) is 104 Å². The van der Waals surface area contributed by atoms with E-state index in [-0.39, 0.29) is 122 Å². The Kier molecular flexibility index (Phi) is 14.9. The van der Waals surface area contributed by atoms with E-state index < -0.39 is 73.7 Å². The summed E-state index contributed by atoms with van der Waals surface area (Å²) in [6.07, 6.45) is 1.76. The predicted molar refractivity (Wildman–Crippen MR) is 188 cm³/mol. The van der Waals surface area contributed by atoms with E-state index in [1.807, 2.05) is 0 Å². The van der Waals surface area contributed by atoms with Crippen molar-refractivity contribution in [3.05, 3.63) is 111 Å². The summed E-state index contributed by atoms with van der Waals surface area (Å²) in [5, 5.41) is 7.75. The molecule has 0 amide bonds. The summed E-state index contributed by atoms with van der Waals surface area (Å²) in [5.41, 5.74) is 16.5. The quantitative estimate of drug-likeness (QED) is 0.0556. The Morgan fingerprint density at radius 1 is 0.545 bits per heavy atom. The SMILES string of the molecule is Nc1ccc2c(c1)C(=O)/C(=N\Nc1ccc(-c3ccc(N/N=C4\C(=O)c5c(N)cc(S(=O)(=O)[O-])cc5C=C4S(=O)(=O)[O-])cc3)cc1)C(S(=O)(=O)[O-])=C2.[Na+].[Na+].[Na+]. The molecular weight excluding hydrogens is 810 g/mol. The molecule has 0 spiro atoms. The second-order valence-corrected chi connectivity index (χ2v) is 15.2. The number of carbonyl (C=O) groups is 2. The van der Waals surface area contributed by atoms with Gasteiger partial charge in [-0.15, -0.1) is 0 Å². The number of allylic oxidation sites excluding steroid dienone is 2. The van der Waals surface area contributed by atoms with E-state index in [0.29, 0.717) is 22.9 Å². The van der Waals surface area contributed by atoms with Gasteiger partial charge >= 0.3 is 88.7 Å². The summed E-state index contributed by atoms with van der Waals surface area (Å²) in [5.74, 6) is -1.91. The van der Waals surface area contributed by atoms with Gasteiger partial charge in [0.2, 0.25) is 11.6 Å². The molecule has 17 nitrogen and oxygen atoms in total. The van der Waals surface area contributed by atoms with Crippen LogP contribution in [0.25, 0.3) is 23.3 Å². The number of nitrogen functional groups attached to an aromatic ring is 2. The number of Topliss-reactive ketones (excluding diaryl/α,β-unsaturated/α-hetero) is 2. The number of hydrogen-bond acceptors (Lipinski definition) is 17. The van der Waals surface area contributed by atoms with E-state index in [1.165, 1.54) is 30.3 Å². The second-order valence-electron chi connectivity index (χ2n) is 11.2. The first-order valence-corrected chi connectivity index (χ1v) is 18.7. The van der Waals surface area contributed by atoms with Crippen LogP contribution in [0.4, 0.5) is 22.7 Å². The number of benzene rings is 4. The van der Waals surface area contributed by atoms with E-state index in [2.05, 4.69) is 21.1 Å². The number of hydrogen-bond donors (Lipinski definition) is 4. The first kappa shape index (κ1) is 46.4. The van der Waals surface area contributed by atoms with Crippen LogP contribution < -0.4 is 111 Å². The molecule has 6 rings (SSSR count). The molecule has 0 saturated heterocycles. The van der Waals surface area contributed by atoms with Crippen molar-refractivity contribution in [2.24, 2.45) is 10.2 Å². The number of nitrogens with two attached hydrogens (primary N) is 2. The van der Waals surface area contributed by atoms with Crippen LogP contribution in [0, 0.1) is 0 Å². The maximum atomic E-state index is 13.2. The molecule has 0 fully saturated rings. The van der Waals surface area contributed by atoms with E-state index in [9.17, 15) is 48.5 Å². The van der Waals surface area contributed by atoms with Crippen molar-refractivity contribution in [1.29, 1.82) is 0 Å². The molecule has 0 radical (unpaired) electrons. The molecule has 2 aliphatic rings. The van der Waals surface area contributed by atoms with E-state index in [4.69, 9.17) is 11.5 Å². The van der Waals surface area contributed by atoms with Gasteiger partial charge in [-0.2, -0.15) is 10.2 Å². The summed E-state index contributed by atoms with van der Waals surface area (Å²) < 4.78 is 106. The van der Waals surface area contributed by atoms with Crippen molar-refractivity contribution in [2.75, 3.05) is 22.3 Å². The Morgan fingerprint density at radius 3 is 1.45 bits per heavy atom. The monoisotopic (exact) mass is 830 g/mol. The molecule has 0 unspecified atom stereocenters. The first-order chi connectivity index (χ1) is 24.3. The van der Waals surface area contributed by atoms with Crippen molar-refractivity contribution in [3.63, 3.8) is 0 Å². The number of nitrogens with one attached hydrogen (secondary N) is 2. The van der Waals surface area contributed by atoms with Gasteiger partial charge in [0.25, 0.3) is 0 Å². The first-order valence-electron chi connectivity index (χ1n) is 14.4. The minimum absolute atomic E-state index is 0. The fraction of sp³-hybridized carbons (Fsp3) is 0. The predicted octanol–water partition coefficient (Wildman–Crippen LogP) is -6.46. The van der Waals surface area contributed by atoms with Gasteiger partial charge in [0, 0.05) is 16.9 Å². The third kappa shape index (κ3) is 10.1. The summed E-state index contributed by atoms with van der Waals surface area (Å²) in [6.45, 7) is 0. The van der Waals surface area contributed by atoms with Crippen LogP contribution in [0.2, 0.25) is 0 Å². The van der Waals surface area contributed by atoms with Crippen LogP contribution in [0.3, 0.4) is 0 Å². The van der Waals surface area contributed by atoms with Crippen LogP contribution in [0.5, 0.6) is 0 Å². The smallest absolute Gasteiger partial charge is 0.744 e. The fourth-order valence-corrected chi connectivity index (χ4v) is 7.11.